The summed E-state index contributed by atoms with van der Waals surface area (Å²) in [5, 5.41) is 23.3. The van der Waals surface area contributed by atoms with Crippen molar-refractivity contribution in [3.8, 4) is 11.8 Å². The minimum absolute atomic E-state index is 0.00546. The van der Waals surface area contributed by atoms with Crippen LogP contribution in [0.3, 0.4) is 0 Å². The number of aliphatic hydroxyl groups is 1. The van der Waals surface area contributed by atoms with E-state index in [2.05, 4.69) is 40.0 Å². The summed E-state index contributed by atoms with van der Waals surface area (Å²) in [6, 6.07) is 19.6. The van der Waals surface area contributed by atoms with Gasteiger partial charge in [0.2, 0.25) is 29.4 Å². The summed E-state index contributed by atoms with van der Waals surface area (Å²) < 4.78 is 24.6. The lowest BCUT2D eigenvalue weighted by Crippen LogP contribution is -2.63. The first-order chi connectivity index (χ1) is 54.0. The van der Waals surface area contributed by atoms with E-state index in [-0.39, 0.29) is 145 Å². The summed E-state index contributed by atoms with van der Waals surface area (Å²) in [6.45, 7) is 9.66. The van der Waals surface area contributed by atoms with Gasteiger partial charge in [-0.1, -0.05) is 120 Å². The molecule has 606 valence electrons. The van der Waals surface area contributed by atoms with Crippen molar-refractivity contribution >= 4 is 88.2 Å². The van der Waals surface area contributed by atoms with Crippen molar-refractivity contribution in [2.45, 2.75) is 200 Å². The number of amides is 10. The van der Waals surface area contributed by atoms with Gasteiger partial charge in [0.25, 0.3) is 11.8 Å². The van der Waals surface area contributed by atoms with Gasteiger partial charge in [-0.3, -0.25) is 52.8 Å². The molecule has 12 atom stereocenters. The topological polar surface area (TPSA) is 366 Å². The van der Waals surface area contributed by atoms with Gasteiger partial charge in [0.15, 0.2) is 30.1 Å². The molecule has 1 saturated heterocycles. The molecule has 27 nitrogen and oxygen atoms in total. The van der Waals surface area contributed by atoms with E-state index in [0.29, 0.717) is 73.9 Å². The van der Waals surface area contributed by atoms with Crippen molar-refractivity contribution < 1.29 is 86.4 Å². The van der Waals surface area contributed by atoms with Crippen LogP contribution in [-0.2, 0) is 80.0 Å². The number of carbonyl (C=O) groups excluding carboxylic acids is 13. The van der Waals surface area contributed by atoms with Crippen LogP contribution in [0.5, 0.6) is 0 Å². The van der Waals surface area contributed by atoms with Gasteiger partial charge in [0.1, 0.15) is 12.4 Å². The van der Waals surface area contributed by atoms with Crippen molar-refractivity contribution in [2.24, 2.45) is 52.1 Å². The van der Waals surface area contributed by atoms with E-state index in [1.54, 1.807) is 55.2 Å². The van der Waals surface area contributed by atoms with Crippen LogP contribution in [-0.4, -0.2) is 180 Å². The molecule has 10 amide bonds. The first kappa shape index (κ1) is 85.3. The molecular formula is C86H109N9O18. The first-order valence-electron chi connectivity index (χ1n) is 39.9. The number of Topliss-reactive ketones (excluding diaryl/α,β-unsaturated/α-hetero) is 3. The van der Waals surface area contributed by atoms with Crippen LogP contribution < -0.4 is 31.9 Å². The highest BCUT2D eigenvalue weighted by Crippen LogP contribution is 2.70. The number of ether oxygens (including phenoxy) is 4. The Morgan fingerprint density at radius 1 is 0.752 bits per heavy atom. The molecule has 10 rings (SSSR count). The monoisotopic (exact) mass is 1560 g/mol. The Bertz CT molecular complexity index is 4220. The molecule has 4 fully saturated rings. The summed E-state index contributed by atoms with van der Waals surface area (Å²) in [7, 11) is 2.98. The van der Waals surface area contributed by atoms with Gasteiger partial charge in [0, 0.05) is 136 Å². The molecule has 113 heavy (non-hydrogen) atoms. The lowest BCUT2D eigenvalue weighted by Gasteiger charge is -2.59. The molecule has 1 unspecified atom stereocenters. The minimum Gasteiger partial charge on any atom is -0.445 e. The smallest absolute Gasteiger partial charge is 0.409 e. The first-order valence-corrected chi connectivity index (χ1v) is 39.9. The average molecular weight is 1560 g/mol. The maximum Gasteiger partial charge on any atom is 0.409 e. The van der Waals surface area contributed by atoms with E-state index >= 15 is 0 Å². The zero-order valence-corrected chi connectivity index (χ0v) is 65.9. The van der Waals surface area contributed by atoms with Crippen molar-refractivity contribution in [3.05, 3.63) is 131 Å². The number of hydrogen-bond donors (Lipinski definition) is 6. The maximum atomic E-state index is 14.8. The number of primary amides is 1. The van der Waals surface area contributed by atoms with Gasteiger partial charge in [-0.25, -0.2) is 14.4 Å². The van der Waals surface area contributed by atoms with Crippen molar-refractivity contribution in [1.82, 2.24) is 30.7 Å². The van der Waals surface area contributed by atoms with Crippen LogP contribution in [0.1, 0.15) is 179 Å². The number of aliphatic hydroxyl groups excluding tert-OH is 1. The molecule has 3 aromatic rings. The maximum absolute atomic E-state index is 14.8. The number of nitrogens with two attached hydrogens (primary N) is 1. The Hall–Kier alpha value is -10.2. The fourth-order valence-corrected chi connectivity index (χ4v) is 17.7. The highest BCUT2D eigenvalue weighted by Gasteiger charge is 2.76. The number of ketones is 4. The van der Waals surface area contributed by atoms with E-state index in [0.717, 1.165) is 34.4 Å². The third kappa shape index (κ3) is 20.6. The standard InChI is InChI=1S/C86H109N9O18/c1-8-19-76-112-71-49-66-65-34-31-61-48-64(97)39-40-84(61,4)77(65)69(99)50-85(66,5)86(71,113-76)70(100)53-111-83(109)93(7)45-44-92(6)82(108)110-52-55-27-32-62(33-28-55)90-79(105)59(24-18-42-89-81(87)107)47-68(98)78(54(2)3)91-80(106)58(46-63(96)25-10-9-17-43-94-73(102)37-38-74(94)103)22-15-16-41-88-72(101)35-36-75(104)95-51-60-23-12-11-20-56(60)29-30-57-21-13-14-26-67(57)95/h11-14,20-21,23,26-28,32-33,37-40,48,54,58-59,65-66,69,71,76-78,99H,8-10,15-19,22,24-25,31,34-36,41-47,49-53H2,1-7H3,(H,88,101)(H,90,105)(H,91,106)(H3,87,89,107)/t58-,59+,65-,66-,69-,71+,76?,77+,78-,84-,85-,86+/m0/s1. The van der Waals surface area contributed by atoms with E-state index < -0.39 is 119 Å². The normalized spacial score (nSPS) is 23.7. The minimum atomic E-state index is -1.49. The van der Waals surface area contributed by atoms with Crippen LogP contribution >= 0.6 is 0 Å². The number of hydrogen-bond acceptors (Lipinski definition) is 18. The highest BCUT2D eigenvalue weighted by molar-refractivity contribution is 6.13. The predicted molar refractivity (Wildman–Crippen MR) is 418 cm³/mol. The Morgan fingerprint density at radius 3 is 2.14 bits per heavy atom. The van der Waals surface area contributed by atoms with Crippen LogP contribution in [0.4, 0.5) is 25.8 Å². The molecule has 4 aliphatic carbocycles. The van der Waals surface area contributed by atoms with E-state index in [4.69, 9.17) is 24.7 Å². The van der Waals surface area contributed by atoms with E-state index in [9.17, 15) is 67.4 Å². The molecule has 3 saturated carbocycles. The number of anilines is 2. The number of rotatable bonds is 38. The third-order valence-corrected chi connectivity index (χ3v) is 23.8. The average Bonchev–Trinajstić information content (AvgIpc) is 1.52. The van der Waals surface area contributed by atoms with Gasteiger partial charge < -0.3 is 65.8 Å². The largest absolute Gasteiger partial charge is 0.445 e. The molecule has 7 N–H and O–H groups in total. The van der Waals surface area contributed by atoms with Gasteiger partial charge in [0.05, 0.1) is 30.5 Å². The Labute approximate surface area is 660 Å². The zero-order chi connectivity index (χ0) is 81.3. The second-order valence-electron chi connectivity index (χ2n) is 31.9. The summed E-state index contributed by atoms with van der Waals surface area (Å²) in [4.78, 5) is 179. The fraction of sp³-hybridized carbons (Fsp3) is 0.547. The number of nitrogens with one attached hydrogen (secondary N) is 4. The molecule has 7 aliphatic rings. The van der Waals surface area contributed by atoms with E-state index in [1.165, 1.54) is 36.0 Å². The molecular weight excluding hydrogens is 1450 g/mol. The molecule has 0 aromatic heterocycles. The van der Waals surface area contributed by atoms with Gasteiger partial charge in [-0.05, 0) is 142 Å². The number of para-hydroxylation sites is 1. The number of benzene rings is 3. The van der Waals surface area contributed by atoms with Gasteiger partial charge in [-0.2, -0.15) is 0 Å². The summed E-state index contributed by atoms with van der Waals surface area (Å²) in [5.74, 6) is 0.236. The Morgan fingerprint density at radius 2 is 1.42 bits per heavy atom. The molecule has 0 radical (unpaired) electrons. The van der Waals surface area contributed by atoms with Crippen LogP contribution in [0.15, 0.2) is 109 Å². The molecule has 0 spiro atoms. The Kier molecular flexibility index (Phi) is 29.1. The van der Waals surface area contributed by atoms with E-state index in [1.807, 2.05) is 68.5 Å². The van der Waals surface area contributed by atoms with Crippen LogP contribution in [0, 0.1) is 58.2 Å². The number of carbonyl (C=O) groups is 13. The molecule has 3 heterocycles. The van der Waals surface area contributed by atoms with Gasteiger partial charge >= 0.3 is 18.2 Å². The number of likely N-dealkylation sites (N-methyl/N-ethyl adjacent to an activating group) is 2. The van der Waals surface area contributed by atoms with Crippen molar-refractivity contribution in [1.29, 1.82) is 0 Å². The number of unbranched alkanes of at least 4 members (excludes halogenated alkanes) is 3. The van der Waals surface area contributed by atoms with Crippen LogP contribution in [0.2, 0.25) is 0 Å². The highest BCUT2D eigenvalue weighted by atomic mass is 16.7. The van der Waals surface area contributed by atoms with Gasteiger partial charge in [-0.15, -0.1) is 0 Å². The SMILES string of the molecule is CCCC1O[C@@H]2C[C@H]3[C@@H]4CCC5=CC(=O)C=C[C@]5(C)[C@H]4[C@@H](O)C[C@]3(C)[C@]2(C(=O)COC(=O)N(C)CCN(C)C(=O)OCc2ccc(NC(=O)[C@H](CCCNC(N)=O)CC(=O)[C@@H](NC(=O)[C@@H](CCCCNC(=O)CCC(=O)N3Cc4ccccc4C#Cc4ccccc43)CC(=O)CCCCCN3C(=O)C=CC3=O)C(C)C)cc2)O1. The number of urea groups is 1. The predicted octanol–water partition coefficient (Wildman–Crippen LogP) is 9.24. The number of imide groups is 1. The number of allylic oxidation sites excluding steroid dienone is 4. The van der Waals surface area contributed by atoms with Crippen molar-refractivity contribution in [3.63, 3.8) is 0 Å². The fourth-order valence-electron chi connectivity index (χ4n) is 17.7. The third-order valence-electron chi connectivity index (χ3n) is 23.8. The molecule has 3 aromatic carbocycles. The summed E-state index contributed by atoms with van der Waals surface area (Å²) in [5.41, 5.74) is 7.45. The number of fused-ring (bicyclic) bond motifs is 9. The molecule has 27 heteroatoms. The zero-order valence-electron chi connectivity index (χ0n) is 65.9. The molecule has 0 bridgehead atoms. The second kappa shape index (κ2) is 38.6. The second-order valence-corrected chi connectivity index (χ2v) is 31.9. The quantitative estimate of drug-likeness (QED) is 0.0177. The Balaban J connectivity index is 0.692. The molecule has 3 aliphatic heterocycles. The lowest BCUT2D eigenvalue weighted by atomic mass is 9.46. The summed E-state index contributed by atoms with van der Waals surface area (Å²) >= 11 is 0. The van der Waals surface area contributed by atoms with Crippen LogP contribution in [0.25, 0.3) is 0 Å². The van der Waals surface area contributed by atoms with Crippen molar-refractivity contribution in [2.75, 3.05) is 63.6 Å². The number of nitrogens with zero attached hydrogens (tertiary/aromatic N) is 4. The summed E-state index contributed by atoms with van der Waals surface area (Å²) in [6.07, 6.45) is 9.91. The lowest BCUT2D eigenvalue weighted by molar-refractivity contribution is -0.200.